The highest BCUT2D eigenvalue weighted by molar-refractivity contribution is 7.99. The van der Waals surface area contributed by atoms with Crippen molar-refractivity contribution in [3.8, 4) is 0 Å². The summed E-state index contributed by atoms with van der Waals surface area (Å²) in [4.78, 5) is 11.3. The van der Waals surface area contributed by atoms with Crippen LogP contribution in [0.4, 0.5) is 0 Å². The van der Waals surface area contributed by atoms with E-state index in [1.165, 1.54) is 19.3 Å². The molecule has 1 aliphatic carbocycles. The van der Waals surface area contributed by atoms with Gasteiger partial charge in [-0.2, -0.15) is 11.8 Å². The van der Waals surface area contributed by atoms with E-state index >= 15 is 0 Å². The van der Waals surface area contributed by atoms with Gasteiger partial charge in [-0.25, -0.2) is 0 Å². The van der Waals surface area contributed by atoms with Gasteiger partial charge in [-0.05, 0) is 43.3 Å². The van der Waals surface area contributed by atoms with E-state index in [4.69, 9.17) is 0 Å². The summed E-state index contributed by atoms with van der Waals surface area (Å²) in [5.74, 6) is 1.92. The first kappa shape index (κ1) is 15.9. The molecule has 2 nitrogen and oxygen atoms in total. The standard InChI is InChI=1S/C15H28O2S/c1-4-5-12-6-7-13(15(16)17)14(10-12)18-9-8-11(2)3/h11-14H,4-10H2,1-3H3,(H,16,17). The fourth-order valence-corrected chi connectivity index (χ4v) is 4.61. The van der Waals surface area contributed by atoms with Crippen LogP contribution in [-0.4, -0.2) is 22.1 Å². The number of rotatable bonds is 7. The van der Waals surface area contributed by atoms with Crippen molar-refractivity contribution in [2.45, 2.75) is 64.5 Å². The Kier molecular flexibility index (Phi) is 7.13. The van der Waals surface area contributed by atoms with E-state index in [0.29, 0.717) is 5.25 Å². The first-order valence-corrected chi connectivity index (χ1v) is 8.43. The summed E-state index contributed by atoms with van der Waals surface area (Å²) in [6.07, 6.45) is 6.82. The van der Waals surface area contributed by atoms with Crippen LogP contribution in [0.2, 0.25) is 0 Å². The Hall–Kier alpha value is -0.180. The average Bonchev–Trinajstić information content (AvgIpc) is 2.29. The molecule has 0 aromatic heterocycles. The highest BCUT2D eigenvalue weighted by Gasteiger charge is 2.34. The Labute approximate surface area is 116 Å². The predicted molar refractivity (Wildman–Crippen MR) is 79.1 cm³/mol. The van der Waals surface area contributed by atoms with Crippen molar-refractivity contribution in [1.82, 2.24) is 0 Å². The molecule has 0 aromatic carbocycles. The van der Waals surface area contributed by atoms with E-state index in [0.717, 1.165) is 36.9 Å². The number of hydrogen-bond donors (Lipinski definition) is 1. The maximum absolute atomic E-state index is 11.3. The molecule has 0 bridgehead atoms. The van der Waals surface area contributed by atoms with E-state index in [-0.39, 0.29) is 5.92 Å². The minimum Gasteiger partial charge on any atom is -0.481 e. The molecule has 0 spiro atoms. The Balaban J connectivity index is 2.46. The third-order valence-corrected chi connectivity index (χ3v) is 5.36. The SMILES string of the molecule is CCCC1CCC(C(=O)O)C(SCCC(C)C)C1. The van der Waals surface area contributed by atoms with Crippen LogP contribution >= 0.6 is 11.8 Å². The summed E-state index contributed by atoms with van der Waals surface area (Å²) in [7, 11) is 0. The lowest BCUT2D eigenvalue weighted by molar-refractivity contribution is -0.142. The molecule has 0 amide bonds. The van der Waals surface area contributed by atoms with Gasteiger partial charge in [0.1, 0.15) is 0 Å². The van der Waals surface area contributed by atoms with Crippen LogP contribution in [0.1, 0.15) is 59.3 Å². The van der Waals surface area contributed by atoms with Gasteiger partial charge in [0.2, 0.25) is 0 Å². The summed E-state index contributed by atoms with van der Waals surface area (Å²) in [5, 5.41) is 9.67. The maximum atomic E-state index is 11.3. The van der Waals surface area contributed by atoms with Crippen molar-refractivity contribution in [3.05, 3.63) is 0 Å². The van der Waals surface area contributed by atoms with Gasteiger partial charge < -0.3 is 5.11 Å². The molecule has 0 saturated heterocycles. The minimum atomic E-state index is -0.577. The molecular weight excluding hydrogens is 244 g/mol. The molecule has 1 saturated carbocycles. The maximum Gasteiger partial charge on any atom is 0.307 e. The van der Waals surface area contributed by atoms with Crippen LogP contribution in [0.5, 0.6) is 0 Å². The van der Waals surface area contributed by atoms with E-state index in [2.05, 4.69) is 20.8 Å². The summed E-state index contributed by atoms with van der Waals surface area (Å²) in [5.41, 5.74) is 0. The molecule has 1 fully saturated rings. The molecule has 1 N–H and O–H groups in total. The van der Waals surface area contributed by atoms with Gasteiger partial charge in [0.05, 0.1) is 5.92 Å². The summed E-state index contributed by atoms with van der Waals surface area (Å²) in [6, 6.07) is 0. The lowest BCUT2D eigenvalue weighted by atomic mass is 9.80. The zero-order valence-corrected chi connectivity index (χ0v) is 12.8. The number of thioether (sulfide) groups is 1. The third kappa shape index (κ3) is 5.21. The Bertz CT molecular complexity index is 253. The normalized spacial score (nSPS) is 28.6. The highest BCUT2D eigenvalue weighted by atomic mass is 32.2. The van der Waals surface area contributed by atoms with Crippen molar-refractivity contribution >= 4 is 17.7 Å². The molecule has 0 heterocycles. The Morgan fingerprint density at radius 2 is 2.11 bits per heavy atom. The van der Waals surface area contributed by atoms with Gasteiger partial charge in [-0.1, -0.05) is 33.6 Å². The topological polar surface area (TPSA) is 37.3 Å². The molecule has 106 valence electrons. The van der Waals surface area contributed by atoms with Crippen LogP contribution in [-0.2, 0) is 4.79 Å². The zero-order chi connectivity index (χ0) is 13.5. The van der Waals surface area contributed by atoms with Gasteiger partial charge in [0, 0.05) is 5.25 Å². The molecule has 0 aliphatic heterocycles. The lowest BCUT2D eigenvalue weighted by Gasteiger charge is -2.33. The average molecular weight is 272 g/mol. The fourth-order valence-electron chi connectivity index (χ4n) is 2.80. The van der Waals surface area contributed by atoms with E-state index in [9.17, 15) is 9.90 Å². The first-order chi connectivity index (χ1) is 8.54. The number of hydrogen-bond acceptors (Lipinski definition) is 2. The molecule has 18 heavy (non-hydrogen) atoms. The van der Waals surface area contributed by atoms with Crippen molar-refractivity contribution in [2.24, 2.45) is 17.8 Å². The summed E-state index contributed by atoms with van der Waals surface area (Å²) >= 11 is 1.91. The minimum absolute atomic E-state index is 0.102. The Morgan fingerprint density at radius 3 is 2.67 bits per heavy atom. The van der Waals surface area contributed by atoms with Crippen molar-refractivity contribution in [1.29, 1.82) is 0 Å². The molecular formula is C15H28O2S. The van der Waals surface area contributed by atoms with Crippen molar-refractivity contribution in [3.63, 3.8) is 0 Å². The molecule has 1 rings (SSSR count). The summed E-state index contributed by atoms with van der Waals surface area (Å²) < 4.78 is 0. The molecule has 3 atom stereocenters. The predicted octanol–water partition coefficient (Wildman–Crippen LogP) is 4.44. The molecule has 0 radical (unpaired) electrons. The van der Waals surface area contributed by atoms with Crippen LogP contribution in [0.25, 0.3) is 0 Å². The van der Waals surface area contributed by atoms with Gasteiger partial charge in [0.15, 0.2) is 0 Å². The van der Waals surface area contributed by atoms with Crippen molar-refractivity contribution < 1.29 is 9.90 Å². The second-order valence-corrected chi connectivity index (χ2v) is 7.35. The largest absolute Gasteiger partial charge is 0.481 e. The highest BCUT2D eigenvalue weighted by Crippen LogP contribution is 2.39. The second kappa shape index (κ2) is 8.08. The van der Waals surface area contributed by atoms with Gasteiger partial charge >= 0.3 is 5.97 Å². The van der Waals surface area contributed by atoms with Gasteiger partial charge in [-0.15, -0.1) is 0 Å². The van der Waals surface area contributed by atoms with Crippen LogP contribution < -0.4 is 0 Å². The van der Waals surface area contributed by atoms with Gasteiger partial charge in [-0.3, -0.25) is 4.79 Å². The van der Waals surface area contributed by atoms with E-state index in [1.54, 1.807) is 0 Å². The van der Waals surface area contributed by atoms with Gasteiger partial charge in [0.25, 0.3) is 0 Å². The number of carboxylic acids is 1. The van der Waals surface area contributed by atoms with Crippen molar-refractivity contribution in [2.75, 3.05) is 5.75 Å². The molecule has 1 aliphatic rings. The molecule has 3 unspecified atom stereocenters. The van der Waals surface area contributed by atoms with E-state index in [1.807, 2.05) is 11.8 Å². The zero-order valence-electron chi connectivity index (χ0n) is 12.0. The monoisotopic (exact) mass is 272 g/mol. The number of aliphatic carboxylic acids is 1. The smallest absolute Gasteiger partial charge is 0.307 e. The lowest BCUT2D eigenvalue weighted by Crippen LogP contribution is -2.33. The number of carboxylic acid groups (broad SMARTS) is 1. The van der Waals surface area contributed by atoms with Crippen LogP contribution in [0.3, 0.4) is 0 Å². The molecule has 0 aromatic rings. The number of carbonyl (C=O) groups is 1. The van der Waals surface area contributed by atoms with Crippen LogP contribution in [0, 0.1) is 17.8 Å². The Morgan fingerprint density at radius 1 is 1.39 bits per heavy atom. The molecule has 3 heteroatoms. The third-order valence-electron chi connectivity index (χ3n) is 3.94. The fraction of sp³-hybridized carbons (Fsp3) is 0.933. The summed E-state index contributed by atoms with van der Waals surface area (Å²) in [6.45, 7) is 6.69. The van der Waals surface area contributed by atoms with Crippen LogP contribution in [0.15, 0.2) is 0 Å². The first-order valence-electron chi connectivity index (χ1n) is 7.39. The second-order valence-electron chi connectivity index (χ2n) is 6.00. The quantitative estimate of drug-likeness (QED) is 0.744. The van der Waals surface area contributed by atoms with E-state index < -0.39 is 5.97 Å².